The maximum absolute atomic E-state index is 14.9. The first kappa shape index (κ1) is 23.5. The second-order valence-corrected chi connectivity index (χ2v) is 8.74. The molecule has 0 spiro atoms. The lowest BCUT2D eigenvalue weighted by molar-refractivity contribution is -0.116. The summed E-state index contributed by atoms with van der Waals surface area (Å²) >= 11 is 0. The Bertz CT molecular complexity index is 1320. The van der Waals surface area contributed by atoms with E-state index >= 15 is 0 Å². The lowest BCUT2D eigenvalue weighted by atomic mass is 9.76. The van der Waals surface area contributed by atoms with Crippen LogP contribution in [0, 0.1) is 11.6 Å². The molecule has 0 aromatic heterocycles. The van der Waals surface area contributed by atoms with Gasteiger partial charge in [0.05, 0.1) is 5.69 Å². The predicted molar refractivity (Wildman–Crippen MR) is 134 cm³/mol. The number of amides is 1. The molecule has 4 nitrogen and oxygen atoms in total. The monoisotopic (exact) mass is 485 g/mol. The Kier molecular flexibility index (Phi) is 6.67. The van der Waals surface area contributed by atoms with Gasteiger partial charge in [0.15, 0.2) is 11.5 Å². The van der Waals surface area contributed by atoms with E-state index in [0.717, 1.165) is 28.8 Å². The Hall–Kier alpha value is -4.19. The summed E-state index contributed by atoms with van der Waals surface area (Å²) in [7, 11) is 0. The zero-order chi connectivity index (χ0) is 25.1. The Labute approximate surface area is 208 Å². The largest absolute Gasteiger partial charge is 0.454 e. The van der Waals surface area contributed by atoms with Crippen molar-refractivity contribution in [3.8, 4) is 11.5 Å². The highest BCUT2D eigenvalue weighted by molar-refractivity contribution is 5.91. The molecule has 5 rings (SSSR count). The summed E-state index contributed by atoms with van der Waals surface area (Å²) in [6.07, 6.45) is 0. The second kappa shape index (κ2) is 10.2. The number of anilines is 1. The van der Waals surface area contributed by atoms with Gasteiger partial charge < -0.3 is 14.4 Å². The maximum atomic E-state index is 14.9. The molecule has 6 heteroatoms. The van der Waals surface area contributed by atoms with Gasteiger partial charge in [-0.1, -0.05) is 66.7 Å². The first-order chi connectivity index (χ1) is 17.5. The molecule has 1 aliphatic heterocycles. The molecular weight excluding hydrogens is 460 g/mol. The van der Waals surface area contributed by atoms with Crippen molar-refractivity contribution >= 4 is 11.6 Å². The van der Waals surface area contributed by atoms with Crippen molar-refractivity contribution < 1.29 is 23.0 Å². The molecule has 0 saturated carbocycles. The van der Waals surface area contributed by atoms with Gasteiger partial charge in [-0.15, -0.1) is 0 Å². The molecule has 4 aromatic carbocycles. The van der Waals surface area contributed by atoms with Gasteiger partial charge in [0.2, 0.25) is 12.7 Å². The summed E-state index contributed by atoms with van der Waals surface area (Å²) in [4.78, 5) is 14.2. The number of hydrogen-bond acceptors (Lipinski definition) is 3. The zero-order valence-corrected chi connectivity index (χ0v) is 19.7. The Balaban J connectivity index is 1.66. The molecule has 1 atom stereocenters. The number of halogens is 2. The van der Waals surface area contributed by atoms with E-state index in [-0.39, 0.29) is 36.8 Å². The molecular formula is C30H25F2NO3. The van der Waals surface area contributed by atoms with Crippen molar-refractivity contribution in [3.63, 3.8) is 0 Å². The molecule has 36 heavy (non-hydrogen) atoms. The van der Waals surface area contributed by atoms with Gasteiger partial charge in [0.25, 0.3) is 0 Å². The molecule has 0 saturated heterocycles. The van der Waals surface area contributed by atoms with Crippen LogP contribution in [0.15, 0.2) is 97.1 Å². The van der Waals surface area contributed by atoms with E-state index < -0.39 is 11.6 Å². The van der Waals surface area contributed by atoms with E-state index in [1.54, 1.807) is 0 Å². The van der Waals surface area contributed by atoms with Gasteiger partial charge in [0.1, 0.15) is 11.6 Å². The predicted octanol–water partition coefficient (Wildman–Crippen LogP) is 6.66. The lowest BCUT2D eigenvalue weighted by Gasteiger charge is -2.33. The number of rotatable bonds is 7. The fourth-order valence-electron chi connectivity index (χ4n) is 4.82. The molecule has 0 aliphatic carbocycles. The van der Waals surface area contributed by atoms with Crippen LogP contribution < -0.4 is 14.4 Å². The smallest absolute Gasteiger partial charge is 0.231 e. The van der Waals surface area contributed by atoms with Gasteiger partial charge in [-0.3, -0.25) is 4.79 Å². The van der Waals surface area contributed by atoms with E-state index in [4.69, 9.17) is 9.47 Å². The number of hydrogen-bond donors (Lipinski definition) is 0. The third-order valence-corrected chi connectivity index (χ3v) is 6.50. The molecule has 1 aliphatic rings. The minimum absolute atomic E-state index is 0.0366. The van der Waals surface area contributed by atoms with Crippen LogP contribution in [0.2, 0.25) is 0 Å². The summed E-state index contributed by atoms with van der Waals surface area (Å²) < 4.78 is 39.7. The highest BCUT2D eigenvalue weighted by Crippen LogP contribution is 2.43. The highest BCUT2D eigenvalue weighted by Gasteiger charge is 2.32. The number of fused-ring (bicyclic) bond motifs is 1. The summed E-state index contributed by atoms with van der Waals surface area (Å²) in [5, 5.41) is 0. The van der Waals surface area contributed by atoms with Crippen LogP contribution in [0.25, 0.3) is 0 Å². The molecule has 0 bridgehead atoms. The SMILES string of the molecule is CC(=O)N(CC(c1ccc2c(c1)OCO2)C(c1ccccc1)c1ccccc1)c1ccc(F)cc1F. The number of nitrogens with zero attached hydrogens (tertiary/aromatic N) is 1. The molecule has 0 N–H and O–H groups in total. The quantitative estimate of drug-likeness (QED) is 0.294. The van der Waals surface area contributed by atoms with Crippen molar-refractivity contribution in [2.75, 3.05) is 18.2 Å². The van der Waals surface area contributed by atoms with Crippen molar-refractivity contribution in [3.05, 3.63) is 125 Å². The van der Waals surface area contributed by atoms with E-state index in [9.17, 15) is 13.6 Å². The number of carbonyl (C=O) groups is 1. The first-order valence-corrected chi connectivity index (χ1v) is 11.7. The van der Waals surface area contributed by atoms with Crippen LogP contribution in [-0.4, -0.2) is 19.2 Å². The summed E-state index contributed by atoms with van der Waals surface area (Å²) in [6, 6.07) is 29.0. The Morgan fingerprint density at radius 2 is 1.44 bits per heavy atom. The summed E-state index contributed by atoms with van der Waals surface area (Å²) in [6.45, 7) is 1.69. The van der Waals surface area contributed by atoms with Crippen molar-refractivity contribution in [2.45, 2.75) is 18.8 Å². The summed E-state index contributed by atoms with van der Waals surface area (Å²) in [5.41, 5.74) is 3.05. The van der Waals surface area contributed by atoms with Crippen molar-refractivity contribution in [1.29, 1.82) is 0 Å². The van der Waals surface area contributed by atoms with Gasteiger partial charge in [-0.2, -0.15) is 0 Å². The van der Waals surface area contributed by atoms with E-state index in [2.05, 4.69) is 0 Å². The topological polar surface area (TPSA) is 38.8 Å². The molecule has 1 unspecified atom stereocenters. The third-order valence-electron chi connectivity index (χ3n) is 6.50. The van der Waals surface area contributed by atoms with Gasteiger partial charge in [0, 0.05) is 31.4 Å². The van der Waals surface area contributed by atoms with E-state index in [0.29, 0.717) is 11.5 Å². The Morgan fingerprint density at radius 3 is 2.06 bits per heavy atom. The number of benzene rings is 4. The third kappa shape index (κ3) is 4.80. The van der Waals surface area contributed by atoms with Crippen LogP contribution in [-0.2, 0) is 4.79 Å². The fraction of sp³-hybridized carbons (Fsp3) is 0.167. The molecule has 4 aromatic rings. The van der Waals surface area contributed by atoms with E-state index in [1.807, 2.05) is 78.9 Å². The van der Waals surface area contributed by atoms with Crippen LogP contribution in [0.5, 0.6) is 11.5 Å². The van der Waals surface area contributed by atoms with Gasteiger partial charge >= 0.3 is 0 Å². The van der Waals surface area contributed by atoms with Crippen molar-refractivity contribution in [2.24, 2.45) is 0 Å². The number of carbonyl (C=O) groups excluding carboxylic acids is 1. The maximum Gasteiger partial charge on any atom is 0.231 e. The number of ether oxygens (including phenoxy) is 2. The average molecular weight is 486 g/mol. The van der Waals surface area contributed by atoms with Gasteiger partial charge in [-0.25, -0.2) is 8.78 Å². The normalized spacial score (nSPS) is 13.0. The minimum atomic E-state index is -0.786. The Morgan fingerprint density at radius 1 is 0.806 bits per heavy atom. The molecule has 1 amide bonds. The van der Waals surface area contributed by atoms with Crippen LogP contribution >= 0.6 is 0 Å². The molecule has 1 heterocycles. The molecule has 0 radical (unpaired) electrons. The first-order valence-electron chi connectivity index (χ1n) is 11.7. The van der Waals surface area contributed by atoms with Crippen LogP contribution in [0.3, 0.4) is 0 Å². The van der Waals surface area contributed by atoms with Crippen LogP contribution in [0.4, 0.5) is 14.5 Å². The minimum Gasteiger partial charge on any atom is -0.454 e. The molecule has 182 valence electrons. The standard InChI is InChI=1S/C30H25F2NO3/c1-20(34)33(27-14-13-24(31)17-26(27)32)18-25(23-12-15-28-29(16-23)36-19-35-28)30(21-8-4-2-5-9-21)22-10-6-3-7-11-22/h2-17,25,30H,18-19H2,1H3. The van der Waals surface area contributed by atoms with Crippen LogP contribution in [0.1, 0.15) is 35.4 Å². The second-order valence-electron chi connectivity index (χ2n) is 8.74. The van der Waals surface area contributed by atoms with Gasteiger partial charge in [-0.05, 0) is 41.0 Å². The fourth-order valence-corrected chi connectivity index (χ4v) is 4.82. The molecule has 0 fully saturated rings. The highest BCUT2D eigenvalue weighted by atomic mass is 19.1. The van der Waals surface area contributed by atoms with E-state index in [1.165, 1.54) is 17.9 Å². The lowest BCUT2D eigenvalue weighted by Crippen LogP contribution is -2.35. The average Bonchev–Trinajstić information content (AvgIpc) is 3.36. The summed E-state index contributed by atoms with van der Waals surface area (Å²) in [5.74, 6) is -1.01. The van der Waals surface area contributed by atoms with Crippen molar-refractivity contribution in [1.82, 2.24) is 0 Å². The zero-order valence-electron chi connectivity index (χ0n) is 19.7.